The molecule has 0 saturated heterocycles. The van der Waals surface area contributed by atoms with Gasteiger partial charge in [-0.3, -0.25) is 9.98 Å². The van der Waals surface area contributed by atoms with E-state index in [0.29, 0.717) is 0 Å². The van der Waals surface area contributed by atoms with Gasteiger partial charge in [0.2, 0.25) is 0 Å². The van der Waals surface area contributed by atoms with Crippen molar-refractivity contribution < 1.29 is 0 Å². The summed E-state index contributed by atoms with van der Waals surface area (Å²) in [6, 6.07) is 4.03. The lowest BCUT2D eigenvalue weighted by molar-refractivity contribution is 1.25. The van der Waals surface area contributed by atoms with Gasteiger partial charge in [-0.05, 0) is 18.6 Å². The molecule has 0 aliphatic rings. The molecule has 1 aromatic rings. The van der Waals surface area contributed by atoms with E-state index in [4.69, 9.17) is 0 Å². The van der Waals surface area contributed by atoms with Crippen molar-refractivity contribution in [3.63, 3.8) is 0 Å². The van der Waals surface area contributed by atoms with Gasteiger partial charge in [-0.1, -0.05) is 6.07 Å². The monoisotopic (exact) mass is 180 g/mol. The quantitative estimate of drug-likeness (QED) is 0.515. The first-order valence-corrected chi connectivity index (χ1v) is 4.76. The molecule has 0 atom stereocenters. The highest BCUT2D eigenvalue weighted by molar-refractivity contribution is 8.13. The first-order chi connectivity index (χ1) is 5.83. The zero-order valence-corrected chi connectivity index (χ0v) is 8.14. The highest BCUT2D eigenvalue weighted by Crippen LogP contribution is 2.11. The number of aromatic nitrogens is 1. The fraction of sp³-hybridized carbons (Fsp3) is 0.333. The summed E-state index contributed by atoms with van der Waals surface area (Å²) in [5.74, 6) is 0.955. The summed E-state index contributed by atoms with van der Waals surface area (Å²) in [6.07, 6.45) is 3.67. The standard InChI is InChI=1S/C9H12N2S/c1-8(10-2)12-7-9-4-3-5-11-6-9/h3-6H,7H2,1-2H3. The third kappa shape index (κ3) is 3.05. The van der Waals surface area contributed by atoms with E-state index in [1.807, 2.05) is 26.2 Å². The molecule has 0 radical (unpaired) electrons. The topological polar surface area (TPSA) is 25.2 Å². The van der Waals surface area contributed by atoms with Crippen LogP contribution in [0.3, 0.4) is 0 Å². The minimum Gasteiger partial charge on any atom is -0.287 e. The van der Waals surface area contributed by atoms with Crippen molar-refractivity contribution in [3.8, 4) is 0 Å². The molecule has 12 heavy (non-hydrogen) atoms. The second kappa shape index (κ2) is 4.93. The van der Waals surface area contributed by atoms with Crippen molar-refractivity contribution in [3.05, 3.63) is 30.1 Å². The molecule has 0 N–H and O–H groups in total. The normalized spacial score (nSPS) is 11.7. The van der Waals surface area contributed by atoms with Crippen LogP contribution in [0.4, 0.5) is 0 Å². The fourth-order valence-electron chi connectivity index (χ4n) is 0.736. The van der Waals surface area contributed by atoms with E-state index in [9.17, 15) is 0 Å². The summed E-state index contributed by atoms with van der Waals surface area (Å²) >= 11 is 1.74. The third-order valence-corrected chi connectivity index (χ3v) is 2.56. The van der Waals surface area contributed by atoms with Crippen LogP contribution >= 0.6 is 11.8 Å². The van der Waals surface area contributed by atoms with Crippen LogP contribution in [-0.2, 0) is 5.75 Å². The number of rotatable bonds is 2. The molecule has 0 amide bonds. The zero-order valence-electron chi connectivity index (χ0n) is 7.32. The first kappa shape index (κ1) is 9.26. The van der Waals surface area contributed by atoms with E-state index < -0.39 is 0 Å². The summed E-state index contributed by atoms with van der Waals surface area (Å²) in [5.41, 5.74) is 1.24. The Morgan fingerprint density at radius 3 is 3.08 bits per heavy atom. The lowest BCUT2D eigenvalue weighted by Crippen LogP contribution is -1.86. The van der Waals surface area contributed by atoms with E-state index in [1.165, 1.54) is 5.56 Å². The van der Waals surface area contributed by atoms with Crippen LogP contribution in [0, 0.1) is 0 Å². The van der Waals surface area contributed by atoms with Crippen LogP contribution in [0.15, 0.2) is 29.5 Å². The number of hydrogen-bond acceptors (Lipinski definition) is 3. The Bertz CT molecular complexity index is 256. The van der Waals surface area contributed by atoms with Crippen LogP contribution in [0.5, 0.6) is 0 Å². The van der Waals surface area contributed by atoms with Gasteiger partial charge in [0.1, 0.15) is 0 Å². The molecular formula is C9H12N2S. The van der Waals surface area contributed by atoms with Gasteiger partial charge in [-0.2, -0.15) is 0 Å². The lowest BCUT2D eigenvalue weighted by Gasteiger charge is -1.98. The van der Waals surface area contributed by atoms with Crippen LogP contribution in [-0.4, -0.2) is 17.1 Å². The Kier molecular flexibility index (Phi) is 3.80. The maximum absolute atomic E-state index is 4.06. The second-order valence-corrected chi connectivity index (χ2v) is 3.56. The summed E-state index contributed by atoms with van der Waals surface area (Å²) < 4.78 is 0. The molecule has 0 fully saturated rings. The average Bonchev–Trinajstić information content (AvgIpc) is 2.16. The molecular weight excluding hydrogens is 168 g/mol. The Morgan fingerprint density at radius 1 is 1.67 bits per heavy atom. The van der Waals surface area contributed by atoms with Crippen LogP contribution < -0.4 is 0 Å². The average molecular weight is 180 g/mol. The first-order valence-electron chi connectivity index (χ1n) is 3.78. The van der Waals surface area contributed by atoms with E-state index in [1.54, 1.807) is 18.0 Å². The molecule has 0 unspecified atom stereocenters. The van der Waals surface area contributed by atoms with Gasteiger partial charge in [0.15, 0.2) is 0 Å². The zero-order chi connectivity index (χ0) is 8.81. The van der Waals surface area contributed by atoms with Gasteiger partial charge in [0, 0.05) is 25.2 Å². The number of pyridine rings is 1. The molecule has 64 valence electrons. The third-order valence-electron chi connectivity index (χ3n) is 1.49. The van der Waals surface area contributed by atoms with Crippen molar-refractivity contribution >= 4 is 16.8 Å². The molecule has 0 aliphatic carbocycles. The van der Waals surface area contributed by atoms with E-state index in [-0.39, 0.29) is 0 Å². The minimum atomic E-state index is 0.955. The SMILES string of the molecule is CN=C(C)SCc1cccnc1. The molecule has 2 nitrogen and oxygen atoms in total. The molecule has 0 saturated carbocycles. The number of thioether (sulfide) groups is 1. The van der Waals surface area contributed by atoms with E-state index in [2.05, 4.69) is 16.0 Å². The Labute approximate surface area is 77.1 Å². The molecule has 1 rings (SSSR count). The van der Waals surface area contributed by atoms with E-state index in [0.717, 1.165) is 10.8 Å². The summed E-state index contributed by atoms with van der Waals surface area (Å²) in [6.45, 7) is 2.01. The maximum atomic E-state index is 4.06. The smallest absolute Gasteiger partial charge is 0.0644 e. The molecule has 0 spiro atoms. The van der Waals surface area contributed by atoms with Crippen molar-refractivity contribution in [2.75, 3.05) is 7.05 Å². The van der Waals surface area contributed by atoms with Gasteiger partial charge in [-0.15, -0.1) is 11.8 Å². The maximum Gasteiger partial charge on any atom is 0.0644 e. The highest BCUT2D eigenvalue weighted by atomic mass is 32.2. The Morgan fingerprint density at radius 2 is 2.50 bits per heavy atom. The summed E-state index contributed by atoms with van der Waals surface area (Å²) in [4.78, 5) is 8.10. The molecule has 0 aromatic carbocycles. The predicted octanol–water partition coefficient (Wildman–Crippen LogP) is 2.36. The van der Waals surface area contributed by atoms with Crippen molar-refractivity contribution in [2.24, 2.45) is 4.99 Å². The van der Waals surface area contributed by atoms with Crippen molar-refractivity contribution in [1.82, 2.24) is 4.98 Å². The van der Waals surface area contributed by atoms with E-state index >= 15 is 0 Å². The summed E-state index contributed by atoms with van der Waals surface area (Å²) in [5, 5.41) is 1.11. The number of hydrogen-bond donors (Lipinski definition) is 0. The largest absolute Gasteiger partial charge is 0.287 e. The molecule has 0 aliphatic heterocycles. The predicted molar refractivity (Wildman–Crippen MR) is 54.6 cm³/mol. The molecule has 3 heteroatoms. The van der Waals surface area contributed by atoms with Gasteiger partial charge < -0.3 is 0 Å². The van der Waals surface area contributed by atoms with Crippen LogP contribution in [0.2, 0.25) is 0 Å². The van der Waals surface area contributed by atoms with Crippen molar-refractivity contribution in [1.29, 1.82) is 0 Å². The van der Waals surface area contributed by atoms with Crippen LogP contribution in [0.25, 0.3) is 0 Å². The fourth-order valence-corrected chi connectivity index (χ4v) is 1.41. The molecule has 1 aromatic heterocycles. The molecule has 1 heterocycles. The van der Waals surface area contributed by atoms with Gasteiger partial charge in [0.25, 0.3) is 0 Å². The Hall–Kier alpha value is -0.830. The van der Waals surface area contributed by atoms with Crippen LogP contribution in [0.1, 0.15) is 12.5 Å². The highest BCUT2D eigenvalue weighted by Gasteiger charge is 1.93. The summed E-state index contributed by atoms with van der Waals surface area (Å²) in [7, 11) is 1.81. The van der Waals surface area contributed by atoms with Gasteiger partial charge in [-0.25, -0.2) is 0 Å². The number of nitrogens with zero attached hydrogens (tertiary/aromatic N) is 2. The minimum absolute atomic E-state index is 0.955. The van der Waals surface area contributed by atoms with Crippen molar-refractivity contribution in [2.45, 2.75) is 12.7 Å². The lowest BCUT2D eigenvalue weighted by atomic mass is 10.3. The molecule has 0 bridgehead atoms. The van der Waals surface area contributed by atoms with Gasteiger partial charge in [0.05, 0.1) is 5.04 Å². The van der Waals surface area contributed by atoms with Gasteiger partial charge >= 0.3 is 0 Å². The number of aliphatic imine (C=N–C) groups is 1. The Balaban J connectivity index is 2.44. The second-order valence-electron chi connectivity index (χ2n) is 2.39.